The zero-order valence-electron chi connectivity index (χ0n) is 15.6. The number of rotatable bonds is 14. The lowest BCUT2D eigenvalue weighted by molar-refractivity contribution is -0.146. The van der Waals surface area contributed by atoms with Gasteiger partial charge in [-0.3, -0.25) is 19.7 Å². The summed E-state index contributed by atoms with van der Waals surface area (Å²) in [5.74, 6) is -1.62. The van der Waals surface area contributed by atoms with Crippen molar-refractivity contribution in [2.45, 2.75) is 70.7 Å². The van der Waals surface area contributed by atoms with Crippen molar-refractivity contribution >= 4 is 29.7 Å². The number of carbonyl (C=O) groups is 3. The van der Waals surface area contributed by atoms with Crippen LogP contribution in [0.3, 0.4) is 0 Å². The summed E-state index contributed by atoms with van der Waals surface area (Å²) in [6, 6.07) is -1.68. The van der Waals surface area contributed by atoms with Crippen LogP contribution in [0.15, 0.2) is 0 Å². The summed E-state index contributed by atoms with van der Waals surface area (Å²) in [7, 11) is 0. The quantitative estimate of drug-likeness (QED) is 0.351. The van der Waals surface area contributed by atoms with Crippen molar-refractivity contribution in [1.29, 1.82) is 0 Å². The molecule has 0 aromatic carbocycles. The molecule has 0 aromatic rings. The third-order valence-corrected chi connectivity index (χ3v) is 4.83. The number of hydrogen-bond acceptors (Lipinski definition) is 7. The Bertz CT molecular complexity index is 418. The molecule has 25 heavy (non-hydrogen) atoms. The number of carboxylic acid groups (broad SMARTS) is 1. The highest BCUT2D eigenvalue weighted by atomic mass is 32.2. The second kappa shape index (κ2) is 13.9. The fourth-order valence-electron chi connectivity index (χ4n) is 2.10. The number of hydrogen-bond donors (Lipinski definition) is 2. The molecule has 0 heterocycles. The molecule has 146 valence electrons. The molecule has 0 amide bonds. The third kappa shape index (κ3) is 10.3. The zero-order valence-corrected chi connectivity index (χ0v) is 16.4. The van der Waals surface area contributed by atoms with Gasteiger partial charge in [-0.1, -0.05) is 26.2 Å². The van der Waals surface area contributed by atoms with Crippen molar-refractivity contribution in [1.82, 2.24) is 5.32 Å². The Hall–Kier alpha value is -1.28. The Balaban J connectivity index is 4.85. The SMILES string of the molecule is CCCCCC(SCC(N[C@@H](C)C(=O)O)C(=O)OCC)C(=O)OCC. The molecule has 2 unspecified atom stereocenters. The number of nitrogens with one attached hydrogen (secondary N) is 1. The van der Waals surface area contributed by atoms with E-state index in [9.17, 15) is 14.4 Å². The minimum absolute atomic E-state index is 0.209. The molecule has 3 atom stereocenters. The van der Waals surface area contributed by atoms with Gasteiger partial charge >= 0.3 is 17.9 Å². The third-order valence-electron chi connectivity index (χ3n) is 3.48. The molecule has 0 radical (unpaired) electrons. The lowest BCUT2D eigenvalue weighted by Crippen LogP contribution is -2.48. The van der Waals surface area contributed by atoms with Gasteiger partial charge in [0.15, 0.2) is 0 Å². The first kappa shape index (κ1) is 23.7. The minimum atomic E-state index is -1.05. The Labute approximate surface area is 154 Å². The fourth-order valence-corrected chi connectivity index (χ4v) is 3.29. The van der Waals surface area contributed by atoms with Crippen LogP contribution < -0.4 is 5.32 Å². The molecular weight excluding hydrogens is 346 g/mol. The number of unbranched alkanes of at least 4 members (excludes halogenated alkanes) is 2. The van der Waals surface area contributed by atoms with Crippen LogP contribution in [0.1, 0.15) is 53.4 Å². The summed E-state index contributed by atoms with van der Waals surface area (Å²) in [6.45, 7) is 7.50. The van der Waals surface area contributed by atoms with Crippen molar-refractivity contribution in [3.63, 3.8) is 0 Å². The van der Waals surface area contributed by atoms with E-state index in [1.165, 1.54) is 18.7 Å². The van der Waals surface area contributed by atoms with Crippen LogP contribution in [0.4, 0.5) is 0 Å². The first-order valence-corrected chi connectivity index (χ1v) is 9.85. The topological polar surface area (TPSA) is 102 Å². The smallest absolute Gasteiger partial charge is 0.324 e. The molecule has 0 saturated heterocycles. The van der Waals surface area contributed by atoms with E-state index in [2.05, 4.69) is 12.2 Å². The Morgan fingerprint density at radius 2 is 1.64 bits per heavy atom. The molecule has 8 heteroatoms. The predicted octanol–water partition coefficient (Wildman–Crippen LogP) is 2.23. The number of esters is 2. The van der Waals surface area contributed by atoms with Crippen molar-refractivity contribution in [3.05, 3.63) is 0 Å². The van der Waals surface area contributed by atoms with Crippen molar-refractivity contribution in [2.75, 3.05) is 19.0 Å². The van der Waals surface area contributed by atoms with Crippen LogP contribution in [0.25, 0.3) is 0 Å². The molecule has 2 N–H and O–H groups in total. The van der Waals surface area contributed by atoms with Gasteiger partial charge in [-0.2, -0.15) is 0 Å². The van der Waals surface area contributed by atoms with E-state index in [-0.39, 0.29) is 23.6 Å². The molecule has 0 aliphatic heterocycles. The van der Waals surface area contributed by atoms with Crippen LogP contribution >= 0.6 is 11.8 Å². The zero-order chi connectivity index (χ0) is 19.2. The summed E-state index contributed by atoms with van der Waals surface area (Å²) >= 11 is 1.31. The molecule has 0 aliphatic rings. The van der Waals surface area contributed by atoms with Gasteiger partial charge in [0.25, 0.3) is 0 Å². The van der Waals surface area contributed by atoms with Gasteiger partial charge in [0.05, 0.1) is 13.2 Å². The van der Waals surface area contributed by atoms with E-state index in [1.807, 2.05) is 0 Å². The van der Waals surface area contributed by atoms with Gasteiger partial charge < -0.3 is 14.6 Å². The highest BCUT2D eigenvalue weighted by Gasteiger charge is 2.28. The van der Waals surface area contributed by atoms with E-state index >= 15 is 0 Å². The van der Waals surface area contributed by atoms with Gasteiger partial charge in [0.1, 0.15) is 17.3 Å². The highest BCUT2D eigenvalue weighted by molar-refractivity contribution is 8.00. The lowest BCUT2D eigenvalue weighted by Gasteiger charge is -2.22. The fraction of sp³-hybridized carbons (Fsp3) is 0.824. The number of carbonyl (C=O) groups excluding carboxylic acids is 2. The van der Waals surface area contributed by atoms with E-state index in [0.717, 1.165) is 19.3 Å². The van der Waals surface area contributed by atoms with Crippen LogP contribution in [-0.2, 0) is 23.9 Å². The minimum Gasteiger partial charge on any atom is -0.480 e. The summed E-state index contributed by atoms with van der Waals surface area (Å²) < 4.78 is 10.1. The number of ether oxygens (including phenoxy) is 2. The summed E-state index contributed by atoms with van der Waals surface area (Å²) in [4.78, 5) is 35.2. The van der Waals surface area contributed by atoms with Gasteiger partial charge in [-0.05, 0) is 27.2 Å². The molecule has 7 nitrogen and oxygen atoms in total. The summed E-state index contributed by atoms with van der Waals surface area (Å²) in [5, 5.41) is 11.4. The largest absolute Gasteiger partial charge is 0.480 e. The van der Waals surface area contributed by atoms with E-state index < -0.39 is 24.0 Å². The average molecular weight is 378 g/mol. The van der Waals surface area contributed by atoms with Crippen molar-refractivity contribution < 1.29 is 29.0 Å². The van der Waals surface area contributed by atoms with Gasteiger partial charge in [0.2, 0.25) is 0 Å². The average Bonchev–Trinajstić information content (AvgIpc) is 2.56. The maximum Gasteiger partial charge on any atom is 0.324 e. The van der Waals surface area contributed by atoms with Crippen LogP contribution in [0.5, 0.6) is 0 Å². The van der Waals surface area contributed by atoms with Crippen molar-refractivity contribution in [3.8, 4) is 0 Å². The monoisotopic (exact) mass is 377 g/mol. The number of aliphatic carboxylic acids is 1. The van der Waals surface area contributed by atoms with Crippen molar-refractivity contribution in [2.24, 2.45) is 0 Å². The molecule has 0 aliphatic carbocycles. The molecule has 0 spiro atoms. The first-order chi connectivity index (χ1) is 11.9. The lowest BCUT2D eigenvalue weighted by atomic mass is 10.1. The maximum atomic E-state index is 12.1. The highest BCUT2D eigenvalue weighted by Crippen LogP contribution is 2.21. The predicted molar refractivity (Wildman–Crippen MR) is 97.7 cm³/mol. The molecular formula is C17H31NO6S. The van der Waals surface area contributed by atoms with E-state index in [1.54, 1.807) is 13.8 Å². The van der Waals surface area contributed by atoms with Gasteiger partial charge in [-0.25, -0.2) is 0 Å². The number of carboxylic acids is 1. The molecule has 0 rings (SSSR count). The second-order valence-corrected chi connectivity index (χ2v) is 6.84. The van der Waals surface area contributed by atoms with Crippen LogP contribution in [-0.4, -0.2) is 59.3 Å². The number of thioether (sulfide) groups is 1. The van der Waals surface area contributed by atoms with Crippen LogP contribution in [0, 0.1) is 0 Å². The first-order valence-electron chi connectivity index (χ1n) is 8.80. The Kier molecular flexibility index (Phi) is 13.2. The standard InChI is InChI=1S/C17H31NO6S/c1-5-8-9-10-14(17(22)24-7-3)25-11-13(16(21)23-6-2)18-12(4)15(19)20/h12-14,18H,5-11H2,1-4H3,(H,19,20)/t12-,13?,14?/m0/s1. The molecule has 0 bridgehead atoms. The Morgan fingerprint density at radius 1 is 1.04 bits per heavy atom. The van der Waals surface area contributed by atoms with Gasteiger partial charge in [0, 0.05) is 5.75 Å². The maximum absolute atomic E-state index is 12.1. The summed E-state index contributed by atoms with van der Waals surface area (Å²) in [6.07, 6.45) is 3.63. The van der Waals surface area contributed by atoms with E-state index in [0.29, 0.717) is 13.0 Å². The molecule has 0 saturated carbocycles. The normalized spacial score (nSPS) is 14.4. The second-order valence-electron chi connectivity index (χ2n) is 5.60. The molecule has 0 aromatic heterocycles. The van der Waals surface area contributed by atoms with Gasteiger partial charge in [-0.15, -0.1) is 11.8 Å². The Morgan fingerprint density at radius 3 is 2.16 bits per heavy atom. The van der Waals surface area contributed by atoms with Crippen LogP contribution in [0.2, 0.25) is 0 Å². The summed E-state index contributed by atoms with van der Waals surface area (Å²) in [5.41, 5.74) is 0. The molecule has 0 fully saturated rings. The van der Waals surface area contributed by atoms with E-state index in [4.69, 9.17) is 14.6 Å².